The molecule has 16 heteroatoms. The highest BCUT2D eigenvalue weighted by molar-refractivity contribution is 6.08. The molecule has 4 fully saturated rings. The number of aliphatic hydroxyl groups is 1. The zero-order valence-electron chi connectivity index (χ0n) is 37.4. The first-order chi connectivity index (χ1) is 29.1. The molecule has 15 nitrogen and oxygen atoms in total. The summed E-state index contributed by atoms with van der Waals surface area (Å²) in [5.41, 5.74) is -6.90. The standard InChI is InChI=1S/C46H61FN4O11/c1-12-20-51-25-43(6)36-34(51)40(55)61-46(36,9)33(13-2)59-42(56)45(8,47)38(54)28(5)39(60-41-35(52)31(50(10)11)22-27(4)58-41)44(7,24-26(3)37(43)53)57-21-16-17-29-23-32(62-49-29)30-18-14-15-19-48-30/h12,14-15,18-19,23,26-28,31,33-36,39,41,52H,1,13,20-22,24-25H2,2-11H3/t26-,27-,28+,31+,33-,34?,35-,36?,39-,41+,43?,44+,45+,46-/m1/s1. The lowest BCUT2D eigenvalue weighted by Crippen LogP contribution is -2.61. The number of halogens is 1. The summed E-state index contributed by atoms with van der Waals surface area (Å²) in [6, 6.07) is 5.65. The lowest BCUT2D eigenvalue weighted by molar-refractivity contribution is -0.296. The molecule has 0 amide bonds. The first-order valence-electron chi connectivity index (χ1n) is 21.4. The molecule has 0 spiro atoms. The molecule has 0 bridgehead atoms. The number of Topliss-reactive ketones (excluding diaryl/α,β-unsaturated/α-hetero) is 2. The number of hydrogen-bond donors (Lipinski definition) is 1. The summed E-state index contributed by atoms with van der Waals surface area (Å²) in [4.78, 5) is 65.7. The van der Waals surface area contributed by atoms with Crippen LogP contribution in [-0.4, -0.2) is 142 Å². The third-order valence-electron chi connectivity index (χ3n) is 13.4. The van der Waals surface area contributed by atoms with E-state index < -0.39 is 101 Å². The van der Waals surface area contributed by atoms with Crippen LogP contribution in [0.3, 0.4) is 0 Å². The van der Waals surface area contributed by atoms with E-state index in [2.05, 4.69) is 28.6 Å². The molecule has 0 aromatic carbocycles. The van der Waals surface area contributed by atoms with Crippen molar-refractivity contribution in [3.8, 4) is 23.3 Å². The van der Waals surface area contributed by atoms with Gasteiger partial charge < -0.3 is 38.2 Å². The zero-order valence-corrected chi connectivity index (χ0v) is 37.4. The third-order valence-corrected chi connectivity index (χ3v) is 13.4. The van der Waals surface area contributed by atoms with Crippen molar-refractivity contribution in [1.29, 1.82) is 0 Å². The molecule has 0 radical (unpaired) electrons. The molecule has 6 heterocycles. The van der Waals surface area contributed by atoms with Crippen molar-refractivity contribution in [2.24, 2.45) is 23.2 Å². The monoisotopic (exact) mass is 864 g/mol. The quantitative estimate of drug-likeness (QED) is 0.163. The van der Waals surface area contributed by atoms with E-state index in [1.165, 1.54) is 6.92 Å². The van der Waals surface area contributed by atoms with E-state index in [4.69, 9.17) is 28.2 Å². The number of nitrogens with zero attached hydrogens (tertiary/aromatic N) is 4. The van der Waals surface area contributed by atoms with Gasteiger partial charge in [0.2, 0.25) is 0 Å². The minimum absolute atomic E-state index is 0.0828. The summed E-state index contributed by atoms with van der Waals surface area (Å²) < 4.78 is 54.1. The maximum Gasteiger partial charge on any atom is 0.351 e. The van der Waals surface area contributed by atoms with Gasteiger partial charge in [-0.05, 0) is 79.1 Å². The second-order valence-electron chi connectivity index (χ2n) is 18.4. The Labute approximate surface area is 363 Å². The second kappa shape index (κ2) is 18.0. The van der Waals surface area contributed by atoms with Crippen molar-refractivity contribution in [2.75, 3.05) is 33.8 Å². The average Bonchev–Trinajstić information content (AvgIpc) is 3.91. The number of aliphatic hydroxyl groups excluding tert-OH is 1. The number of hydrogen-bond acceptors (Lipinski definition) is 15. The van der Waals surface area contributed by atoms with E-state index in [1.807, 2.05) is 36.9 Å². The highest BCUT2D eigenvalue weighted by atomic mass is 19.1. The lowest BCUT2D eigenvalue weighted by Gasteiger charge is -2.48. The Kier molecular flexibility index (Phi) is 13.7. The van der Waals surface area contributed by atoms with Gasteiger partial charge in [0.25, 0.3) is 5.67 Å². The van der Waals surface area contributed by atoms with Crippen LogP contribution in [0.25, 0.3) is 11.5 Å². The van der Waals surface area contributed by atoms with Gasteiger partial charge in [-0.2, -0.15) is 0 Å². The number of carbonyl (C=O) groups is 4. The molecule has 4 aliphatic heterocycles. The molecule has 4 aliphatic rings. The number of esters is 2. The molecule has 0 aliphatic carbocycles. The number of alkyl halides is 1. The van der Waals surface area contributed by atoms with Crippen LogP contribution in [0.2, 0.25) is 0 Å². The van der Waals surface area contributed by atoms with Crippen LogP contribution in [0.1, 0.15) is 80.3 Å². The van der Waals surface area contributed by atoms with Crippen LogP contribution in [0.15, 0.2) is 47.6 Å². The number of rotatable bonds is 9. The Hall–Kier alpha value is -4.37. The average molecular weight is 865 g/mol. The van der Waals surface area contributed by atoms with Gasteiger partial charge in [0.15, 0.2) is 29.1 Å². The molecule has 0 saturated carbocycles. The maximum atomic E-state index is 17.2. The fourth-order valence-electron chi connectivity index (χ4n) is 10.5. The van der Waals surface area contributed by atoms with Crippen molar-refractivity contribution < 1.29 is 56.9 Å². The first kappa shape index (κ1) is 47.1. The summed E-state index contributed by atoms with van der Waals surface area (Å²) in [7, 11) is 3.62. The topological polar surface area (TPSA) is 180 Å². The number of aromatic nitrogens is 2. The smallest absolute Gasteiger partial charge is 0.351 e. The number of likely N-dealkylation sites (tertiary alicyclic amines) is 1. The van der Waals surface area contributed by atoms with Gasteiger partial charge in [0.1, 0.15) is 36.3 Å². The van der Waals surface area contributed by atoms with Crippen molar-refractivity contribution in [1.82, 2.24) is 19.9 Å². The summed E-state index contributed by atoms with van der Waals surface area (Å²) >= 11 is 0. The molecular weight excluding hydrogens is 804 g/mol. The van der Waals surface area contributed by atoms with Crippen molar-refractivity contribution >= 4 is 23.5 Å². The molecule has 62 heavy (non-hydrogen) atoms. The number of cyclic esters (lactones) is 1. The maximum absolute atomic E-state index is 17.2. The van der Waals surface area contributed by atoms with Gasteiger partial charge in [-0.3, -0.25) is 24.3 Å². The summed E-state index contributed by atoms with van der Waals surface area (Å²) in [5, 5.41) is 15.7. The molecule has 2 aromatic heterocycles. The van der Waals surface area contributed by atoms with Gasteiger partial charge in [-0.1, -0.05) is 50.9 Å². The SMILES string of the molecule is C=CCN1CC2(C)C(=O)[C@H](C)C[C@](C)(OCC#Cc3cc(-c4ccccn4)on3)[C@H](O[C@@H]3O[C@H](C)C[C@H](N(C)C)[C@H]3O)[C@@H](C)C(=O)[C@](C)(F)C(=O)O[C@H](CC)[C@@]3(C)OC(=O)C1C23. The molecular formula is C46H61FN4O11. The fourth-order valence-corrected chi connectivity index (χ4v) is 10.5. The van der Waals surface area contributed by atoms with Crippen LogP contribution in [0.5, 0.6) is 0 Å². The molecule has 338 valence electrons. The van der Waals surface area contributed by atoms with E-state index in [0.29, 0.717) is 17.9 Å². The van der Waals surface area contributed by atoms with Gasteiger partial charge in [-0.25, -0.2) is 9.18 Å². The van der Waals surface area contributed by atoms with Gasteiger partial charge in [-0.15, -0.1) is 6.58 Å². The first-order valence-corrected chi connectivity index (χ1v) is 21.4. The number of likely N-dealkylation sites (N-methyl/N-ethyl adjacent to an activating group) is 1. The van der Waals surface area contributed by atoms with Crippen molar-refractivity contribution in [3.63, 3.8) is 0 Å². The van der Waals surface area contributed by atoms with E-state index in [9.17, 15) is 19.5 Å². The third kappa shape index (κ3) is 8.64. The van der Waals surface area contributed by atoms with Crippen LogP contribution >= 0.6 is 0 Å². The van der Waals surface area contributed by atoms with E-state index in [1.54, 1.807) is 65.1 Å². The zero-order chi connectivity index (χ0) is 45.5. The van der Waals surface area contributed by atoms with Crippen LogP contribution < -0.4 is 0 Å². The number of pyridine rings is 1. The van der Waals surface area contributed by atoms with Crippen LogP contribution in [0.4, 0.5) is 4.39 Å². The molecule has 14 atom stereocenters. The molecule has 1 N–H and O–H groups in total. The Morgan fingerprint density at radius 2 is 1.84 bits per heavy atom. The van der Waals surface area contributed by atoms with Gasteiger partial charge in [0, 0.05) is 54.6 Å². The van der Waals surface area contributed by atoms with Gasteiger partial charge in [0.05, 0.1) is 17.8 Å². The normalized spacial score (nSPS) is 39.4. The lowest BCUT2D eigenvalue weighted by atomic mass is 9.62. The number of carbonyl (C=O) groups excluding carboxylic acids is 4. The molecule has 2 aromatic rings. The van der Waals surface area contributed by atoms with E-state index in [-0.39, 0.29) is 44.0 Å². The number of ether oxygens (including phenoxy) is 5. The van der Waals surface area contributed by atoms with Crippen LogP contribution in [0, 0.1) is 35.0 Å². The highest BCUT2D eigenvalue weighted by Gasteiger charge is 2.71. The van der Waals surface area contributed by atoms with E-state index in [0.717, 1.165) is 6.92 Å². The van der Waals surface area contributed by atoms with Crippen molar-refractivity contribution in [2.45, 2.75) is 134 Å². The minimum Gasteiger partial charge on any atom is -0.455 e. The summed E-state index contributed by atoms with van der Waals surface area (Å²) in [6.07, 6.45) is -1.93. The summed E-state index contributed by atoms with van der Waals surface area (Å²) in [6.45, 7) is 16.5. The predicted molar refractivity (Wildman–Crippen MR) is 223 cm³/mol. The Morgan fingerprint density at radius 3 is 2.48 bits per heavy atom. The molecule has 6 rings (SSSR count). The fraction of sp³-hybridized carbons (Fsp3) is 0.652. The minimum atomic E-state index is -3.24. The largest absolute Gasteiger partial charge is 0.455 e. The molecule has 4 saturated heterocycles. The van der Waals surface area contributed by atoms with E-state index >= 15 is 9.18 Å². The van der Waals surface area contributed by atoms with Crippen molar-refractivity contribution in [3.05, 3.63) is 48.8 Å². The predicted octanol–water partition coefficient (Wildman–Crippen LogP) is 4.35. The second-order valence-corrected chi connectivity index (χ2v) is 18.4. The Balaban J connectivity index is 1.46. The summed E-state index contributed by atoms with van der Waals surface area (Å²) in [5.74, 6) is -0.433. The Morgan fingerprint density at radius 1 is 1.11 bits per heavy atom. The number of ketones is 2. The van der Waals surface area contributed by atoms with Gasteiger partial charge >= 0.3 is 11.9 Å². The highest BCUT2D eigenvalue weighted by Crippen LogP contribution is 2.56. The van der Waals surface area contributed by atoms with Crippen LogP contribution in [-0.2, 0) is 42.9 Å². The Bertz CT molecular complexity index is 2070. The molecule has 3 unspecified atom stereocenters.